The molecular formula is C19H20ClN3OS2. The molecule has 0 aliphatic rings. The third-order valence-electron chi connectivity index (χ3n) is 4.01. The summed E-state index contributed by atoms with van der Waals surface area (Å²) < 4.78 is 0. The Morgan fingerprint density at radius 1 is 1.23 bits per heavy atom. The fraction of sp³-hybridized carbons (Fsp3) is 0.263. The summed E-state index contributed by atoms with van der Waals surface area (Å²) in [5, 5.41) is 8.66. The molecule has 3 aromatic rings. The molecule has 1 N–H and O–H groups in total. The second-order valence-electron chi connectivity index (χ2n) is 6.10. The Labute approximate surface area is 166 Å². The number of hydrogen-bond donors (Lipinski definition) is 1. The molecule has 1 atom stereocenters. The molecule has 2 aromatic heterocycles. The van der Waals surface area contributed by atoms with E-state index in [1.807, 2.05) is 61.3 Å². The van der Waals surface area contributed by atoms with Gasteiger partial charge >= 0.3 is 0 Å². The van der Waals surface area contributed by atoms with Crippen LogP contribution in [0.15, 0.2) is 47.2 Å². The van der Waals surface area contributed by atoms with Gasteiger partial charge in [-0.15, -0.1) is 22.7 Å². The average molecular weight is 406 g/mol. The molecule has 0 saturated heterocycles. The maximum absolute atomic E-state index is 12.4. The molecular weight excluding hydrogens is 386 g/mol. The van der Waals surface area contributed by atoms with Crippen molar-refractivity contribution in [2.24, 2.45) is 0 Å². The smallest absolute Gasteiger partial charge is 0.226 e. The van der Waals surface area contributed by atoms with Crippen molar-refractivity contribution < 1.29 is 4.79 Å². The van der Waals surface area contributed by atoms with E-state index in [1.54, 1.807) is 22.7 Å². The number of amides is 1. The van der Waals surface area contributed by atoms with Gasteiger partial charge in [-0.1, -0.05) is 35.9 Å². The maximum atomic E-state index is 12.4. The number of carbonyl (C=O) groups excluding carboxylic acids is 1. The number of nitrogens with one attached hydrogen (secondary N) is 1. The minimum absolute atomic E-state index is 0.0183. The van der Waals surface area contributed by atoms with Crippen LogP contribution in [0.5, 0.6) is 0 Å². The zero-order valence-corrected chi connectivity index (χ0v) is 17.0. The van der Waals surface area contributed by atoms with Crippen LogP contribution < -0.4 is 5.32 Å². The second kappa shape index (κ2) is 8.77. The topological polar surface area (TPSA) is 45.2 Å². The van der Waals surface area contributed by atoms with Crippen molar-refractivity contribution in [1.29, 1.82) is 0 Å². The number of benzene rings is 1. The van der Waals surface area contributed by atoms with Gasteiger partial charge in [-0.25, -0.2) is 4.98 Å². The van der Waals surface area contributed by atoms with Gasteiger partial charge in [0.25, 0.3) is 0 Å². The van der Waals surface area contributed by atoms with Crippen LogP contribution in [0, 0.1) is 0 Å². The Balaban J connectivity index is 1.60. The summed E-state index contributed by atoms with van der Waals surface area (Å²) in [6.07, 6.45) is 0.282. The van der Waals surface area contributed by atoms with Gasteiger partial charge in [-0.05, 0) is 37.2 Å². The number of likely N-dealkylation sites (N-methyl/N-ethyl adjacent to an activating group) is 1. The molecule has 2 heterocycles. The molecule has 26 heavy (non-hydrogen) atoms. The van der Waals surface area contributed by atoms with Gasteiger partial charge < -0.3 is 10.2 Å². The highest BCUT2D eigenvalue weighted by atomic mass is 35.5. The highest BCUT2D eigenvalue weighted by Crippen LogP contribution is 2.28. The molecule has 1 amide bonds. The van der Waals surface area contributed by atoms with E-state index in [-0.39, 0.29) is 18.4 Å². The van der Waals surface area contributed by atoms with Gasteiger partial charge in [0, 0.05) is 16.9 Å². The number of hydrogen-bond acceptors (Lipinski definition) is 5. The predicted octanol–water partition coefficient (Wildman–Crippen LogP) is 4.49. The van der Waals surface area contributed by atoms with E-state index >= 15 is 0 Å². The highest BCUT2D eigenvalue weighted by molar-refractivity contribution is 7.20. The molecule has 0 aliphatic carbocycles. The van der Waals surface area contributed by atoms with Crippen LogP contribution in [-0.4, -0.2) is 36.4 Å². The van der Waals surface area contributed by atoms with Crippen molar-refractivity contribution in [3.8, 4) is 9.88 Å². The summed E-state index contributed by atoms with van der Waals surface area (Å²) in [4.78, 5) is 20.1. The van der Waals surface area contributed by atoms with Crippen LogP contribution in [0.1, 0.15) is 17.3 Å². The van der Waals surface area contributed by atoms with E-state index in [1.165, 1.54) is 0 Å². The van der Waals surface area contributed by atoms with Crippen molar-refractivity contribution >= 4 is 40.2 Å². The molecule has 0 spiro atoms. The minimum atomic E-state index is -0.0352. The van der Waals surface area contributed by atoms with E-state index in [2.05, 4.69) is 15.2 Å². The summed E-state index contributed by atoms with van der Waals surface area (Å²) in [6.45, 7) is 0.498. The lowest BCUT2D eigenvalue weighted by atomic mass is 10.1. The molecule has 0 aliphatic heterocycles. The lowest BCUT2D eigenvalue weighted by molar-refractivity contribution is -0.120. The Hall–Kier alpha value is -1.73. The molecule has 0 fully saturated rings. The van der Waals surface area contributed by atoms with Gasteiger partial charge in [0.2, 0.25) is 5.91 Å². The number of thiazole rings is 1. The minimum Gasteiger partial charge on any atom is -0.354 e. The molecule has 0 radical (unpaired) electrons. The lowest BCUT2D eigenvalue weighted by Gasteiger charge is -2.26. The molecule has 0 saturated carbocycles. The summed E-state index contributed by atoms with van der Waals surface area (Å²) in [6, 6.07) is 11.8. The predicted molar refractivity (Wildman–Crippen MR) is 110 cm³/mol. The Morgan fingerprint density at radius 2 is 2.04 bits per heavy atom. The zero-order valence-electron chi connectivity index (χ0n) is 14.6. The van der Waals surface area contributed by atoms with Gasteiger partial charge in [0.05, 0.1) is 23.0 Å². The van der Waals surface area contributed by atoms with Gasteiger partial charge in [0.1, 0.15) is 5.01 Å². The molecule has 1 aromatic carbocycles. The fourth-order valence-electron chi connectivity index (χ4n) is 2.66. The maximum Gasteiger partial charge on any atom is 0.226 e. The number of thiophene rings is 1. The van der Waals surface area contributed by atoms with E-state index in [4.69, 9.17) is 11.6 Å². The first-order chi connectivity index (χ1) is 12.5. The summed E-state index contributed by atoms with van der Waals surface area (Å²) in [5.41, 5.74) is 1.81. The van der Waals surface area contributed by atoms with Crippen LogP contribution in [0.2, 0.25) is 5.02 Å². The Kier molecular flexibility index (Phi) is 6.43. The molecule has 3 rings (SSSR count). The number of halogens is 1. The third-order valence-corrected chi connectivity index (χ3v) is 6.28. The van der Waals surface area contributed by atoms with Gasteiger partial charge in [0.15, 0.2) is 0 Å². The van der Waals surface area contributed by atoms with Crippen LogP contribution in [-0.2, 0) is 11.2 Å². The first-order valence-corrected chi connectivity index (χ1v) is 10.3. The van der Waals surface area contributed by atoms with Crippen LogP contribution in [0.25, 0.3) is 9.88 Å². The first kappa shape index (κ1) is 19.0. The Bertz CT molecular complexity index is 861. The number of rotatable bonds is 7. The average Bonchev–Trinajstić information content (AvgIpc) is 3.27. The second-order valence-corrected chi connectivity index (χ2v) is 8.32. The molecule has 136 valence electrons. The Morgan fingerprint density at radius 3 is 2.73 bits per heavy atom. The summed E-state index contributed by atoms with van der Waals surface area (Å²) >= 11 is 9.54. The van der Waals surface area contributed by atoms with Crippen LogP contribution >= 0.6 is 34.3 Å². The van der Waals surface area contributed by atoms with E-state index in [0.29, 0.717) is 11.6 Å². The van der Waals surface area contributed by atoms with Crippen LogP contribution in [0.3, 0.4) is 0 Å². The largest absolute Gasteiger partial charge is 0.354 e. The van der Waals surface area contributed by atoms with Crippen LogP contribution in [0.4, 0.5) is 0 Å². The summed E-state index contributed by atoms with van der Waals surface area (Å²) in [5.74, 6) is -0.0352. The molecule has 0 unspecified atom stereocenters. The first-order valence-electron chi connectivity index (χ1n) is 8.20. The van der Waals surface area contributed by atoms with Crippen molar-refractivity contribution in [2.45, 2.75) is 12.5 Å². The number of nitrogens with zero attached hydrogens (tertiary/aromatic N) is 2. The molecule has 7 heteroatoms. The summed E-state index contributed by atoms with van der Waals surface area (Å²) in [7, 11) is 3.96. The van der Waals surface area contributed by atoms with Crippen molar-refractivity contribution in [1.82, 2.24) is 15.2 Å². The quantitative estimate of drug-likeness (QED) is 0.630. The van der Waals surface area contributed by atoms with Gasteiger partial charge in [-0.2, -0.15) is 0 Å². The van der Waals surface area contributed by atoms with E-state index < -0.39 is 0 Å². The lowest BCUT2D eigenvalue weighted by Crippen LogP contribution is -2.35. The third kappa shape index (κ3) is 4.71. The zero-order chi connectivity index (χ0) is 18.5. The van der Waals surface area contributed by atoms with E-state index in [9.17, 15) is 4.79 Å². The fourth-order valence-corrected chi connectivity index (χ4v) is 4.55. The van der Waals surface area contributed by atoms with Gasteiger partial charge in [-0.3, -0.25) is 4.79 Å². The standard InChI is InChI=1S/C19H20ClN3OS2/c1-23(2)16(14-6-3-4-7-15(14)20)11-21-18(24)10-13-12-26-19(22-13)17-8-5-9-25-17/h3-9,12,16H,10-11H2,1-2H3,(H,21,24)/t16-/m0/s1. The van der Waals surface area contributed by atoms with E-state index in [0.717, 1.165) is 21.1 Å². The normalized spacial score (nSPS) is 12.3. The number of aromatic nitrogens is 1. The SMILES string of the molecule is CN(C)[C@@H](CNC(=O)Cc1csc(-c2cccs2)n1)c1ccccc1Cl. The van der Waals surface area contributed by atoms with Crippen molar-refractivity contribution in [2.75, 3.05) is 20.6 Å². The van der Waals surface area contributed by atoms with Crippen molar-refractivity contribution in [3.63, 3.8) is 0 Å². The monoisotopic (exact) mass is 405 g/mol. The molecule has 4 nitrogen and oxygen atoms in total. The van der Waals surface area contributed by atoms with Crippen molar-refractivity contribution in [3.05, 3.63) is 63.4 Å². The molecule has 0 bridgehead atoms. The highest BCUT2D eigenvalue weighted by Gasteiger charge is 2.18. The number of carbonyl (C=O) groups is 1.